The van der Waals surface area contributed by atoms with Crippen LogP contribution in [0.1, 0.15) is 46.7 Å². The van der Waals surface area contributed by atoms with Gasteiger partial charge in [0.15, 0.2) is 5.75 Å². The number of rotatable bonds is 16. The number of aliphatic carboxylic acids is 1. The van der Waals surface area contributed by atoms with E-state index in [1.165, 1.54) is 35.5 Å². The summed E-state index contributed by atoms with van der Waals surface area (Å²) in [5, 5.41) is 20.1. The standard InChI is InChI=1S/C20H17FN2O.C15H15NO3.C13H11NO2.C12H11N.C7H6F3NO3S.C6H7NO/c21-18-8-4-5-15(11-18)13-23-20(24)12-19-10-9-17(14-22-19)16-6-2-1-3-7-16;1-2-18-19-15(17)10-14-9-8-13(11-16-14)12-6-4-3-5-7-12;15-13(16)8-12-7-6-11(9-14-12)10-4-2-1-3-5-10;1-10-7-8-12(9-13-10)11-5-3-2-4-6-11;1-5-2-3-6(4-11-5)14-15(12,13)7(8,9)10;1-5-2-3-6(8)4-7-5/h1-11,14H,12-13H2,(H,23,24);3-9,11H,2,10H2,1H3;1-7,9H,8H2,(H,15,16);2-9H,1H3;2-4H,1H3;2-4,8H,1H3. The average Bonchev–Trinajstić information content (AvgIpc) is 1.21. The third-order valence-corrected chi connectivity index (χ3v) is 13.7. The number of aromatic hydroxyl groups is 1. The third kappa shape index (κ3) is 26.8. The van der Waals surface area contributed by atoms with Gasteiger partial charge in [0.2, 0.25) is 5.91 Å². The van der Waals surface area contributed by atoms with E-state index in [0.29, 0.717) is 35.9 Å². The molecule has 6 heterocycles. The fraction of sp³-hybridized carbons (Fsp3) is 0.137. The maximum Gasteiger partial charge on any atom is 0.534 e. The molecule has 0 aliphatic carbocycles. The van der Waals surface area contributed by atoms with Crippen molar-refractivity contribution in [2.75, 3.05) is 6.61 Å². The Bertz CT molecular complexity index is 4170. The van der Waals surface area contributed by atoms with Gasteiger partial charge in [0.05, 0.1) is 49.7 Å². The predicted molar refractivity (Wildman–Crippen MR) is 353 cm³/mol. The monoisotopic (exact) mass is 1310 g/mol. The first-order chi connectivity index (χ1) is 45.6. The van der Waals surface area contributed by atoms with Crippen molar-refractivity contribution in [3.8, 4) is 56.0 Å². The number of nitrogens with zero attached hydrogens (tertiary/aromatic N) is 6. The van der Waals surface area contributed by atoms with Crippen LogP contribution < -0.4 is 9.50 Å². The summed E-state index contributed by atoms with van der Waals surface area (Å²) in [6.07, 6.45) is 9.73. The summed E-state index contributed by atoms with van der Waals surface area (Å²) in [6, 6.07) is 67.3. The minimum absolute atomic E-state index is 0.0327. The number of alkyl halides is 3. The van der Waals surface area contributed by atoms with Crippen LogP contribution in [-0.2, 0) is 60.1 Å². The molecule has 3 N–H and O–H groups in total. The Morgan fingerprint density at radius 1 is 0.474 bits per heavy atom. The molecule has 11 aromatic rings. The number of hydrogen-bond acceptors (Lipinski definition) is 15. The van der Waals surface area contributed by atoms with Crippen LogP contribution >= 0.6 is 0 Å². The zero-order valence-corrected chi connectivity index (χ0v) is 52.9. The molecule has 0 saturated heterocycles. The first-order valence-electron chi connectivity index (χ1n) is 29.2. The van der Waals surface area contributed by atoms with Crippen LogP contribution in [0.3, 0.4) is 0 Å². The number of benzene rings is 5. The minimum Gasteiger partial charge on any atom is -0.506 e. The van der Waals surface area contributed by atoms with E-state index in [1.807, 2.05) is 166 Å². The molecule has 0 saturated carbocycles. The molecule has 11 rings (SSSR count). The van der Waals surface area contributed by atoms with Crippen LogP contribution in [0.25, 0.3) is 44.5 Å². The Balaban J connectivity index is 0.000000185. The molecule has 0 fully saturated rings. The molecule has 0 aliphatic rings. The van der Waals surface area contributed by atoms with E-state index in [9.17, 15) is 40.4 Å². The summed E-state index contributed by atoms with van der Waals surface area (Å²) in [6.45, 7) is 7.86. The van der Waals surface area contributed by atoms with E-state index in [4.69, 9.17) is 10.2 Å². The molecule has 0 spiro atoms. The van der Waals surface area contributed by atoms with Crippen molar-refractivity contribution in [3.63, 3.8) is 0 Å². The first-order valence-corrected chi connectivity index (χ1v) is 30.6. The number of aromatic nitrogens is 6. The smallest absolute Gasteiger partial charge is 0.506 e. The molecule has 0 atom stereocenters. The Morgan fingerprint density at radius 2 is 0.884 bits per heavy atom. The lowest BCUT2D eigenvalue weighted by molar-refractivity contribution is -0.269. The van der Waals surface area contributed by atoms with Crippen molar-refractivity contribution in [1.29, 1.82) is 0 Å². The van der Waals surface area contributed by atoms with E-state index in [1.54, 1.807) is 62.8 Å². The maximum atomic E-state index is 13.1. The molecular formula is C73H67F4N7O10S. The van der Waals surface area contributed by atoms with Crippen molar-refractivity contribution in [2.24, 2.45) is 0 Å². The lowest BCUT2D eigenvalue weighted by Gasteiger charge is -2.08. The topological polar surface area (TPSA) is 243 Å². The summed E-state index contributed by atoms with van der Waals surface area (Å²) < 4.78 is 73.6. The highest BCUT2D eigenvalue weighted by atomic mass is 32.2. The maximum absolute atomic E-state index is 13.1. The van der Waals surface area contributed by atoms with Crippen LogP contribution in [0.4, 0.5) is 17.6 Å². The second-order valence-corrected chi connectivity index (χ2v) is 21.8. The fourth-order valence-corrected chi connectivity index (χ4v) is 8.38. The van der Waals surface area contributed by atoms with Crippen LogP contribution in [0, 0.1) is 26.6 Å². The highest BCUT2D eigenvalue weighted by molar-refractivity contribution is 7.88. The Morgan fingerprint density at radius 3 is 1.24 bits per heavy atom. The molecule has 0 unspecified atom stereocenters. The minimum atomic E-state index is -5.60. The second kappa shape index (κ2) is 37.8. The summed E-state index contributed by atoms with van der Waals surface area (Å²) >= 11 is 0. The van der Waals surface area contributed by atoms with Gasteiger partial charge in [-0.25, -0.2) is 9.18 Å². The van der Waals surface area contributed by atoms with Gasteiger partial charge in [0.25, 0.3) is 0 Å². The quantitative estimate of drug-likeness (QED) is 0.0268. The van der Waals surface area contributed by atoms with Crippen LogP contribution in [0.15, 0.2) is 256 Å². The van der Waals surface area contributed by atoms with E-state index in [-0.39, 0.29) is 36.7 Å². The van der Waals surface area contributed by atoms with Gasteiger partial charge in [-0.05, 0) is 116 Å². The number of carbonyl (C=O) groups excluding carboxylic acids is 2. The highest BCUT2D eigenvalue weighted by Gasteiger charge is 2.48. The molecule has 0 bridgehead atoms. The van der Waals surface area contributed by atoms with Crippen molar-refractivity contribution < 1.29 is 64.5 Å². The fourth-order valence-electron chi connectivity index (χ4n) is 7.93. The number of carboxylic acid groups (broad SMARTS) is 1. The zero-order valence-electron chi connectivity index (χ0n) is 52.0. The van der Waals surface area contributed by atoms with Gasteiger partial charge in [-0.3, -0.25) is 44.4 Å². The summed E-state index contributed by atoms with van der Waals surface area (Å²) in [4.78, 5) is 67.3. The van der Waals surface area contributed by atoms with Gasteiger partial charge >= 0.3 is 27.6 Å². The molecule has 1 amide bonds. The molecule has 5 aromatic carbocycles. The van der Waals surface area contributed by atoms with Crippen LogP contribution in [-0.4, -0.2) is 78.5 Å². The SMILES string of the molecule is CCOOC(=O)Cc1ccc(-c2ccccc2)cn1.Cc1ccc(-c2ccccc2)cn1.Cc1ccc(O)cn1.Cc1ccc(OS(=O)(=O)C(F)(F)F)cn1.O=C(Cc1ccc(-c2ccccc2)cn1)NCc1cccc(F)c1.O=C(O)Cc1ccc(-c2ccccc2)cn1. The number of halogens is 4. The number of pyridine rings is 6. The molecule has 0 radical (unpaired) electrons. The van der Waals surface area contributed by atoms with Crippen LogP contribution in [0.2, 0.25) is 0 Å². The van der Waals surface area contributed by atoms with Gasteiger partial charge in [-0.1, -0.05) is 158 Å². The molecule has 0 aliphatic heterocycles. The van der Waals surface area contributed by atoms with E-state index < -0.39 is 33.3 Å². The second-order valence-electron chi connectivity index (χ2n) is 20.2. The highest BCUT2D eigenvalue weighted by Crippen LogP contribution is 2.27. The third-order valence-electron chi connectivity index (χ3n) is 12.7. The lowest BCUT2D eigenvalue weighted by Crippen LogP contribution is -2.28. The molecule has 95 heavy (non-hydrogen) atoms. The number of carboxylic acids is 1. The number of hydrogen-bond donors (Lipinski definition) is 3. The average molecular weight is 1310 g/mol. The number of nitrogens with one attached hydrogen (secondary N) is 1. The summed E-state index contributed by atoms with van der Waals surface area (Å²) in [5.74, 6) is -2.01. The molecular weight excluding hydrogens is 1240 g/mol. The predicted octanol–water partition coefficient (Wildman–Crippen LogP) is 14.7. The lowest BCUT2D eigenvalue weighted by atomic mass is 10.1. The first kappa shape index (κ1) is 72.7. The van der Waals surface area contributed by atoms with Gasteiger partial charge < -0.3 is 19.7 Å². The summed E-state index contributed by atoms with van der Waals surface area (Å²) in [7, 11) is -5.60. The van der Waals surface area contributed by atoms with Gasteiger partial charge in [0.1, 0.15) is 11.6 Å². The normalized spacial score (nSPS) is 10.4. The van der Waals surface area contributed by atoms with Crippen LogP contribution in [0.5, 0.6) is 11.5 Å². The largest absolute Gasteiger partial charge is 0.534 e. The molecule has 488 valence electrons. The molecule has 22 heteroatoms. The molecule has 6 aromatic heterocycles. The van der Waals surface area contributed by atoms with E-state index in [0.717, 1.165) is 62.6 Å². The Hall–Kier alpha value is -11.4. The summed E-state index contributed by atoms with van der Waals surface area (Å²) in [5.41, 5.74) is 8.42. The van der Waals surface area contributed by atoms with Crippen molar-refractivity contribution in [3.05, 3.63) is 301 Å². The van der Waals surface area contributed by atoms with E-state index >= 15 is 0 Å². The number of aryl methyl sites for hydroxylation is 3. The Kier molecular flexibility index (Phi) is 29.0. The van der Waals surface area contributed by atoms with Gasteiger partial charge in [-0.2, -0.15) is 26.5 Å². The van der Waals surface area contributed by atoms with Crippen molar-refractivity contribution >= 4 is 28.0 Å². The number of amides is 1. The van der Waals surface area contributed by atoms with E-state index in [2.05, 4.69) is 67.4 Å². The number of carbonyl (C=O) groups is 3. The van der Waals surface area contributed by atoms with Crippen molar-refractivity contribution in [2.45, 2.75) is 59.0 Å². The van der Waals surface area contributed by atoms with Crippen molar-refractivity contribution in [1.82, 2.24) is 35.2 Å². The Labute approximate surface area is 547 Å². The zero-order chi connectivity index (χ0) is 68.4. The van der Waals surface area contributed by atoms with Gasteiger partial charge in [-0.15, -0.1) is 0 Å². The molecule has 17 nitrogen and oxygen atoms in total. The van der Waals surface area contributed by atoms with Gasteiger partial charge in [0, 0.05) is 76.4 Å².